The standard InChI is InChI=1S/C24H29ClFN5/c1-16-7-8-22(28-13-17-4-2-6-19(26)10-17)31-24(16)20-11-23(30-15-21(20)25)29-14-18-5-3-9-27-12-18/h2,4,6-8,10-11,15-16,18,24,27H,3,5,9,12-14H2,1H3,(H,28,31)(H,29,30). The van der Waals surface area contributed by atoms with Crippen LogP contribution in [0.25, 0.3) is 0 Å². The number of benzene rings is 1. The minimum absolute atomic E-state index is 0.0105. The van der Waals surface area contributed by atoms with Crippen LogP contribution in [0, 0.1) is 17.7 Å². The van der Waals surface area contributed by atoms with Gasteiger partial charge in [0.25, 0.3) is 0 Å². The van der Waals surface area contributed by atoms with E-state index in [1.54, 1.807) is 12.3 Å². The van der Waals surface area contributed by atoms with Crippen molar-refractivity contribution in [3.63, 3.8) is 0 Å². The average molecular weight is 442 g/mol. The fourth-order valence-corrected chi connectivity index (χ4v) is 4.32. The molecule has 3 N–H and O–H groups in total. The number of aromatic nitrogens is 1. The molecule has 31 heavy (non-hydrogen) atoms. The van der Waals surface area contributed by atoms with Crippen molar-refractivity contribution in [1.29, 1.82) is 0 Å². The first-order chi connectivity index (χ1) is 15.1. The van der Waals surface area contributed by atoms with E-state index in [1.165, 1.54) is 25.0 Å². The van der Waals surface area contributed by atoms with Crippen molar-refractivity contribution in [3.05, 3.63) is 70.6 Å². The molecule has 3 unspecified atom stereocenters. The Bertz CT molecular complexity index is 955. The number of halogens is 2. The van der Waals surface area contributed by atoms with Gasteiger partial charge in [-0.3, -0.25) is 4.99 Å². The van der Waals surface area contributed by atoms with Gasteiger partial charge in [-0.2, -0.15) is 0 Å². The Morgan fingerprint density at radius 1 is 1.32 bits per heavy atom. The van der Waals surface area contributed by atoms with Gasteiger partial charge >= 0.3 is 0 Å². The number of nitrogens with zero attached hydrogens (tertiary/aromatic N) is 2. The Balaban J connectivity index is 1.45. The molecule has 3 atom stereocenters. The number of hydrogen-bond donors (Lipinski definition) is 3. The van der Waals surface area contributed by atoms with Gasteiger partial charge in [-0.15, -0.1) is 0 Å². The van der Waals surface area contributed by atoms with Crippen LogP contribution < -0.4 is 16.0 Å². The molecule has 0 bridgehead atoms. The summed E-state index contributed by atoms with van der Waals surface area (Å²) in [6.07, 6.45) is 8.28. The highest BCUT2D eigenvalue weighted by molar-refractivity contribution is 6.31. The van der Waals surface area contributed by atoms with Gasteiger partial charge in [-0.1, -0.05) is 36.7 Å². The molecule has 0 amide bonds. The normalized spacial score (nSPS) is 24.7. The monoisotopic (exact) mass is 441 g/mol. The van der Waals surface area contributed by atoms with E-state index in [1.807, 2.05) is 18.2 Å². The molecule has 1 aromatic carbocycles. The molecule has 0 aliphatic carbocycles. The van der Waals surface area contributed by atoms with Gasteiger partial charge in [0, 0.05) is 12.7 Å². The molecule has 0 spiro atoms. The lowest BCUT2D eigenvalue weighted by atomic mass is 9.92. The van der Waals surface area contributed by atoms with Crippen LogP contribution in [-0.4, -0.2) is 30.5 Å². The molecule has 1 saturated heterocycles. The van der Waals surface area contributed by atoms with Gasteiger partial charge in [-0.25, -0.2) is 9.37 Å². The fraction of sp³-hybridized carbons (Fsp3) is 0.417. The van der Waals surface area contributed by atoms with Crippen molar-refractivity contribution < 1.29 is 4.39 Å². The van der Waals surface area contributed by atoms with Gasteiger partial charge in [-0.05, 0) is 73.2 Å². The number of amidine groups is 1. The van der Waals surface area contributed by atoms with E-state index in [0.717, 1.165) is 42.4 Å². The van der Waals surface area contributed by atoms with Crippen molar-refractivity contribution in [2.45, 2.75) is 32.4 Å². The molecule has 1 fully saturated rings. The molecule has 4 rings (SSSR count). The smallest absolute Gasteiger partial charge is 0.126 e. The third-order valence-corrected chi connectivity index (χ3v) is 6.21. The Kier molecular flexibility index (Phi) is 7.20. The average Bonchev–Trinajstić information content (AvgIpc) is 2.79. The second kappa shape index (κ2) is 10.2. The Labute approximate surface area is 188 Å². The van der Waals surface area contributed by atoms with Crippen LogP contribution in [0.4, 0.5) is 10.2 Å². The molecule has 2 aliphatic rings. The molecule has 2 aliphatic heterocycles. The summed E-state index contributed by atoms with van der Waals surface area (Å²) in [4.78, 5) is 9.10. The number of rotatable bonds is 6. The van der Waals surface area contributed by atoms with Crippen LogP contribution in [0.2, 0.25) is 5.02 Å². The number of nitrogens with one attached hydrogen (secondary N) is 3. The van der Waals surface area contributed by atoms with Gasteiger partial charge in [0.15, 0.2) is 0 Å². The second-order valence-corrected chi connectivity index (χ2v) is 8.76. The summed E-state index contributed by atoms with van der Waals surface area (Å²) in [6, 6.07) is 8.55. The summed E-state index contributed by atoms with van der Waals surface area (Å²) in [5.41, 5.74) is 1.83. The number of pyridine rings is 1. The molecule has 5 nitrogen and oxygen atoms in total. The van der Waals surface area contributed by atoms with E-state index >= 15 is 0 Å². The first-order valence-electron chi connectivity index (χ1n) is 10.9. The van der Waals surface area contributed by atoms with Crippen molar-refractivity contribution in [2.75, 3.05) is 25.0 Å². The number of hydrogen-bond acceptors (Lipinski definition) is 4. The van der Waals surface area contributed by atoms with Gasteiger partial charge in [0.1, 0.15) is 17.5 Å². The lowest BCUT2D eigenvalue weighted by Gasteiger charge is -2.29. The first-order valence-corrected chi connectivity index (χ1v) is 11.3. The summed E-state index contributed by atoms with van der Waals surface area (Å²) < 4.78 is 13.4. The predicted octanol–water partition coefficient (Wildman–Crippen LogP) is 4.72. The SMILES string of the molecule is CC1C=CC(=NCc2cccc(F)c2)NC1c1cc(NCC2CCCNC2)ncc1Cl. The maximum atomic E-state index is 13.4. The van der Waals surface area contributed by atoms with Gasteiger partial charge < -0.3 is 16.0 Å². The van der Waals surface area contributed by atoms with Crippen molar-refractivity contribution >= 4 is 23.3 Å². The van der Waals surface area contributed by atoms with E-state index in [-0.39, 0.29) is 17.8 Å². The summed E-state index contributed by atoms with van der Waals surface area (Å²) in [6.45, 7) is 5.62. The quantitative estimate of drug-likeness (QED) is 0.607. The largest absolute Gasteiger partial charge is 0.370 e. The van der Waals surface area contributed by atoms with E-state index < -0.39 is 0 Å². The predicted molar refractivity (Wildman–Crippen MR) is 125 cm³/mol. The topological polar surface area (TPSA) is 61.3 Å². The lowest BCUT2D eigenvalue weighted by molar-refractivity contribution is 0.392. The molecular formula is C24H29ClFN5. The summed E-state index contributed by atoms with van der Waals surface area (Å²) in [5, 5.41) is 11.1. The highest BCUT2D eigenvalue weighted by Crippen LogP contribution is 2.32. The highest BCUT2D eigenvalue weighted by Gasteiger charge is 2.25. The number of anilines is 1. The molecule has 7 heteroatoms. The molecule has 0 saturated carbocycles. The zero-order valence-corrected chi connectivity index (χ0v) is 18.5. The van der Waals surface area contributed by atoms with Crippen LogP contribution in [0.3, 0.4) is 0 Å². The van der Waals surface area contributed by atoms with Gasteiger partial charge in [0.05, 0.1) is 17.6 Å². The number of piperidine rings is 1. The first kappa shape index (κ1) is 21.8. The van der Waals surface area contributed by atoms with E-state index in [9.17, 15) is 4.39 Å². The molecular weight excluding hydrogens is 413 g/mol. The van der Waals surface area contributed by atoms with E-state index in [2.05, 4.69) is 38.9 Å². The van der Waals surface area contributed by atoms with E-state index in [0.29, 0.717) is 17.5 Å². The summed E-state index contributed by atoms with van der Waals surface area (Å²) in [5.74, 6) is 2.22. The summed E-state index contributed by atoms with van der Waals surface area (Å²) in [7, 11) is 0. The maximum absolute atomic E-state index is 13.4. The zero-order chi connectivity index (χ0) is 21.6. The van der Waals surface area contributed by atoms with Crippen LogP contribution in [-0.2, 0) is 6.54 Å². The molecule has 3 heterocycles. The molecule has 2 aromatic rings. The highest BCUT2D eigenvalue weighted by atomic mass is 35.5. The molecule has 1 aromatic heterocycles. The third-order valence-electron chi connectivity index (χ3n) is 5.90. The number of aliphatic imine (C=N–C) groups is 1. The van der Waals surface area contributed by atoms with Crippen LogP contribution in [0.5, 0.6) is 0 Å². The van der Waals surface area contributed by atoms with Gasteiger partial charge in [0.2, 0.25) is 0 Å². The van der Waals surface area contributed by atoms with Crippen LogP contribution >= 0.6 is 11.6 Å². The zero-order valence-electron chi connectivity index (χ0n) is 17.7. The third kappa shape index (κ3) is 5.83. The minimum Gasteiger partial charge on any atom is -0.370 e. The second-order valence-electron chi connectivity index (χ2n) is 8.36. The molecule has 0 radical (unpaired) electrons. The summed E-state index contributed by atoms with van der Waals surface area (Å²) >= 11 is 6.54. The lowest BCUT2D eigenvalue weighted by Crippen LogP contribution is -2.35. The fourth-order valence-electron chi connectivity index (χ4n) is 4.10. The van der Waals surface area contributed by atoms with Crippen molar-refractivity contribution in [2.24, 2.45) is 16.8 Å². The van der Waals surface area contributed by atoms with Crippen LogP contribution in [0.1, 0.15) is 36.9 Å². The molecule has 164 valence electrons. The Hall–Kier alpha value is -2.44. The van der Waals surface area contributed by atoms with E-state index in [4.69, 9.17) is 11.6 Å². The minimum atomic E-state index is -0.246. The van der Waals surface area contributed by atoms with Crippen molar-refractivity contribution in [1.82, 2.24) is 15.6 Å². The maximum Gasteiger partial charge on any atom is 0.126 e. The van der Waals surface area contributed by atoms with Crippen LogP contribution in [0.15, 0.2) is 53.7 Å². The Morgan fingerprint density at radius 3 is 3.03 bits per heavy atom. The van der Waals surface area contributed by atoms with Crippen molar-refractivity contribution in [3.8, 4) is 0 Å². The Morgan fingerprint density at radius 2 is 2.23 bits per heavy atom.